The number of ketones is 1. The average Bonchev–Trinajstić information content (AvgIpc) is 3.20. The second kappa shape index (κ2) is 11.0. The van der Waals surface area contributed by atoms with Gasteiger partial charge in [0.1, 0.15) is 17.3 Å². The van der Waals surface area contributed by atoms with E-state index in [1.54, 1.807) is 25.1 Å². The van der Waals surface area contributed by atoms with Gasteiger partial charge in [0, 0.05) is 56.5 Å². The van der Waals surface area contributed by atoms with Crippen LogP contribution in [0.4, 0.5) is 5.69 Å². The summed E-state index contributed by atoms with van der Waals surface area (Å²) >= 11 is 0. The van der Waals surface area contributed by atoms with Gasteiger partial charge < -0.3 is 29.9 Å². The first kappa shape index (κ1) is 27.4. The zero-order valence-electron chi connectivity index (χ0n) is 23.3. The molecule has 0 atom stereocenters. The molecule has 0 radical (unpaired) electrons. The number of rotatable bonds is 8. The SMILES string of the molecule is CCOc1cc2c(cc1C(=O)NC)C(=N)N(CC(=O)c1cc(N3CCNCC3)c(OC)c(C(C)(C)C)c1)C2. The first-order chi connectivity index (χ1) is 18.1. The second-order valence-electron chi connectivity index (χ2n) is 10.7. The van der Waals surface area contributed by atoms with E-state index in [0.29, 0.717) is 35.6 Å². The molecule has 1 fully saturated rings. The molecule has 4 rings (SSSR count). The summed E-state index contributed by atoms with van der Waals surface area (Å²) in [4.78, 5) is 30.2. The van der Waals surface area contributed by atoms with Gasteiger partial charge in [-0.15, -0.1) is 0 Å². The van der Waals surface area contributed by atoms with Crippen LogP contribution in [0.3, 0.4) is 0 Å². The van der Waals surface area contributed by atoms with Gasteiger partial charge in [0.15, 0.2) is 5.78 Å². The molecule has 1 amide bonds. The third-order valence-corrected chi connectivity index (χ3v) is 7.11. The molecule has 0 unspecified atom stereocenters. The van der Waals surface area contributed by atoms with Crippen LogP contribution in [0.2, 0.25) is 0 Å². The largest absolute Gasteiger partial charge is 0.494 e. The molecular weight excluding hydrogens is 482 g/mol. The van der Waals surface area contributed by atoms with E-state index in [0.717, 1.165) is 48.7 Å². The minimum absolute atomic E-state index is 0.0592. The van der Waals surface area contributed by atoms with Crippen molar-refractivity contribution in [2.45, 2.75) is 39.7 Å². The Kier molecular flexibility index (Phi) is 7.97. The van der Waals surface area contributed by atoms with Crippen molar-refractivity contribution in [3.8, 4) is 11.5 Å². The number of piperazine rings is 1. The summed E-state index contributed by atoms with van der Waals surface area (Å²) in [6, 6.07) is 7.39. The van der Waals surface area contributed by atoms with E-state index in [1.807, 2.05) is 25.1 Å². The smallest absolute Gasteiger partial charge is 0.254 e. The normalized spacial score (nSPS) is 15.4. The lowest BCUT2D eigenvalue weighted by atomic mass is 9.84. The van der Waals surface area contributed by atoms with Crippen LogP contribution in [-0.2, 0) is 12.0 Å². The number of amides is 1. The lowest BCUT2D eigenvalue weighted by molar-refractivity contribution is 0.0953. The maximum Gasteiger partial charge on any atom is 0.254 e. The van der Waals surface area contributed by atoms with Gasteiger partial charge in [-0.25, -0.2) is 0 Å². The Morgan fingerprint density at radius 2 is 1.84 bits per heavy atom. The minimum atomic E-state index is -0.271. The molecule has 0 saturated carbocycles. The fourth-order valence-electron chi connectivity index (χ4n) is 5.10. The molecule has 38 heavy (non-hydrogen) atoms. The highest BCUT2D eigenvalue weighted by molar-refractivity contribution is 6.08. The van der Waals surface area contributed by atoms with Gasteiger partial charge in [-0.3, -0.25) is 15.0 Å². The Balaban J connectivity index is 1.65. The van der Waals surface area contributed by atoms with Gasteiger partial charge in [-0.05, 0) is 42.2 Å². The van der Waals surface area contributed by atoms with E-state index in [1.165, 1.54) is 0 Å². The van der Waals surface area contributed by atoms with Gasteiger partial charge in [0.2, 0.25) is 0 Å². The van der Waals surface area contributed by atoms with E-state index < -0.39 is 0 Å². The van der Waals surface area contributed by atoms with Crippen LogP contribution in [0.25, 0.3) is 0 Å². The van der Waals surface area contributed by atoms with Crippen LogP contribution in [-0.4, -0.2) is 75.9 Å². The summed E-state index contributed by atoms with van der Waals surface area (Å²) in [5.74, 6) is 1.18. The molecular formula is C29H39N5O4. The molecule has 2 aromatic carbocycles. The van der Waals surface area contributed by atoms with Crippen LogP contribution in [0.1, 0.15) is 65.1 Å². The summed E-state index contributed by atoms with van der Waals surface area (Å²) in [6.45, 7) is 12.5. The Bertz CT molecular complexity index is 1240. The number of nitrogens with one attached hydrogen (secondary N) is 3. The molecule has 3 N–H and O–H groups in total. The van der Waals surface area contributed by atoms with Crippen LogP contribution in [0.15, 0.2) is 24.3 Å². The molecule has 9 heteroatoms. The van der Waals surface area contributed by atoms with Gasteiger partial charge in [0.05, 0.1) is 31.5 Å². The van der Waals surface area contributed by atoms with Crippen molar-refractivity contribution < 1.29 is 19.1 Å². The zero-order chi connectivity index (χ0) is 27.6. The maximum atomic E-state index is 13.7. The highest BCUT2D eigenvalue weighted by Gasteiger charge is 2.31. The maximum absolute atomic E-state index is 13.7. The summed E-state index contributed by atoms with van der Waals surface area (Å²) in [7, 11) is 3.25. The number of carbonyl (C=O) groups excluding carboxylic acids is 2. The quantitative estimate of drug-likeness (QED) is 0.458. The van der Waals surface area contributed by atoms with Gasteiger partial charge in [-0.2, -0.15) is 0 Å². The number of benzene rings is 2. The molecule has 0 aromatic heterocycles. The van der Waals surface area contributed by atoms with Crippen LogP contribution in [0.5, 0.6) is 11.5 Å². The molecule has 1 saturated heterocycles. The van der Waals surface area contributed by atoms with Crippen molar-refractivity contribution in [2.24, 2.45) is 0 Å². The highest BCUT2D eigenvalue weighted by Crippen LogP contribution is 2.40. The second-order valence-corrected chi connectivity index (χ2v) is 10.7. The number of nitrogens with zero attached hydrogens (tertiary/aromatic N) is 2. The van der Waals surface area contributed by atoms with Crippen molar-refractivity contribution >= 4 is 23.2 Å². The summed E-state index contributed by atoms with van der Waals surface area (Å²) in [5, 5.41) is 14.8. The van der Waals surface area contributed by atoms with E-state index in [2.05, 4.69) is 36.3 Å². The van der Waals surface area contributed by atoms with Crippen LogP contribution >= 0.6 is 0 Å². The Hall–Kier alpha value is -3.59. The van der Waals surface area contributed by atoms with Gasteiger partial charge >= 0.3 is 0 Å². The Morgan fingerprint density at radius 1 is 1.13 bits per heavy atom. The van der Waals surface area contributed by atoms with E-state index in [9.17, 15) is 9.59 Å². The lowest BCUT2D eigenvalue weighted by Gasteiger charge is -2.33. The number of hydrogen-bond donors (Lipinski definition) is 3. The number of amidine groups is 1. The molecule has 2 heterocycles. The predicted octanol–water partition coefficient (Wildman–Crippen LogP) is 3.18. The van der Waals surface area contributed by atoms with Gasteiger partial charge in [0.25, 0.3) is 5.91 Å². The van der Waals surface area contributed by atoms with Crippen molar-refractivity contribution in [3.63, 3.8) is 0 Å². The first-order valence-corrected chi connectivity index (χ1v) is 13.2. The monoisotopic (exact) mass is 521 g/mol. The van der Waals surface area contributed by atoms with Crippen molar-refractivity contribution in [3.05, 3.63) is 52.1 Å². The number of ether oxygens (including phenoxy) is 2. The number of anilines is 1. The van der Waals surface area contributed by atoms with Gasteiger partial charge in [-0.1, -0.05) is 20.8 Å². The number of fused-ring (bicyclic) bond motifs is 1. The fourth-order valence-corrected chi connectivity index (χ4v) is 5.10. The molecule has 204 valence electrons. The predicted molar refractivity (Wildman–Crippen MR) is 149 cm³/mol. The van der Waals surface area contributed by atoms with E-state index in [-0.39, 0.29) is 29.5 Å². The number of carbonyl (C=O) groups is 2. The van der Waals surface area contributed by atoms with E-state index in [4.69, 9.17) is 14.9 Å². The number of hydrogen-bond acceptors (Lipinski definition) is 7. The van der Waals surface area contributed by atoms with E-state index >= 15 is 0 Å². The van der Waals surface area contributed by atoms with Crippen molar-refractivity contribution in [1.82, 2.24) is 15.5 Å². The molecule has 2 aromatic rings. The summed E-state index contributed by atoms with van der Waals surface area (Å²) < 4.78 is 11.6. The fraction of sp³-hybridized carbons (Fsp3) is 0.483. The molecule has 2 aliphatic rings. The third-order valence-electron chi connectivity index (χ3n) is 7.11. The Labute approximate surface area is 225 Å². The lowest BCUT2D eigenvalue weighted by Crippen LogP contribution is -2.44. The van der Waals surface area contributed by atoms with Crippen LogP contribution in [0, 0.1) is 5.41 Å². The van der Waals surface area contributed by atoms with Crippen molar-refractivity contribution in [2.75, 3.05) is 58.4 Å². The zero-order valence-corrected chi connectivity index (χ0v) is 23.3. The standard InChI is InChI=1S/C29H39N5O4/c1-7-38-25-14-19-16-34(27(30)20(19)15-21(25)28(36)31-5)17-24(35)18-12-22(29(2,3)4)26(37-6)23(13-18)33-10-8-32-9-11-33/h12-15,30,32H,7-11,16-17H2,1-6H3,(H,31,36). The Morgan fingerprint density at radius 3 is 2.45 bits per heavy atom. The molecule has 9 nitrogen and oxygen atoms in total. The van der Waals surface area contributed by atoms with Crippen molar-refractivity contribution in [1.29, 1.82) is 5.41 Å². The molecule has 2 aliphatic heterocycles. The average molecular weight is 522 g/mol. The molecule has 0 spiro atoms. The highest BCUT2D eigenvalue weighted by atomic mass is 16.5. The first-order valence-electron chi connectivity index (χ1n) is 13.2. The summed E-state index contributed by atoms with van der Waals surface area (Å²) in [5.41, 5.74) is 4.19. The number of methoxy groups -OCH3 is 1. The molecule has 0 bridgehead atoms. The third kappa shape index (κ3) is 5.34. The molecule has 0 aliphatic carbocycles. The van der Waals surface area contributed by atoms with Crippen LogP contribution < -0.4 is 25.0 Å². The number of Topliss-reactive ketones (excluding diaryl/α,β-unsaturated/α-hetero) is 1. The minimum Gasteiger partial charge on any atom is -0.494 e. The topological polar surface area (TPSA) is 107 Å². The summed E-state index contributed by atoms with van der Waals surface area (Å²) in [6.07, 6.45) is 0.